The summed E-state index contributed by atoms with van der Waals surface area (Å²) >= 11 is 0. The molecule has 1 aliphatic rings. The van der Waals surface area contributed by atoms with Gasteiger partial charge in [-0.15, -0.1) is 13.2 Å². The van der Waals surface area contributed by atoms with Crippen LogP contribution in [-0.2, 0) is 0 Å². The molecular formula is C19H21NO3. The lowest BCUT2D eigenvalue weighted by molar-refractivity contribution is -0.00000286. The monoisotopic (exact) mass is 311 g/mol. The quantitative estimate of drug-likeness (QED) is 0.843. The lowest BCUT2D eigenvalue weighted by atomic mass is 9.78. The summed E-state index contributed by atoms with van der Waals surface area (Å²) in [5.41, 5.74) is 0.920. The first kappa shape index (κ1) is 15.4. The largest absolute Gasteiger partial charge is 0.508 e. The lowest BCUT2D eigenvalue weighted by Gasteiger charge is -2.52. The summed E-state index contributed by atoms with van der Waals surface area (Å²) in [6, 6.07) is 4.83. The van der Waals surface area contributed by atoms with E-state index in [-0.39, 0.29) is 17.2 Å². The van der Waals surface area contributed by atoms with E-state index in [4.69, 9.17) is 4.42 Å². The van der Waals surface area contributed by atoms with E-state index in [1.54, 1.807) is 25.1 Å². The van der Waals surface area contributed by atoms with Gasteiger partial charge in [0.15, 0.2) is 0 Å². The molecular weight excluding hydrogens is 290 g/mol. The zero-order valence-corrected chi connectivity index (χ0v) is 13.3. The van der Waals surface area contributed by atoms with Crippen molar-refractivity contribution in [3.63, 3.8) is 0 Å². The minimum Gasteiger partial charge on any atom is -0.508 e. The molecule has 4 heteroatoms. The van der Waals surface area contributed by atoms with Crippen molar-refractivity contribution < 1.29 is 14.3 Å². The second-order valence-electron chi connectivity index (χ2n) is 6.13. The fourth-order valence-electron chi connectivity index (χ4n) is 3.51. The Morgan fingerprint density at radius 1 is 1.39 bits per heavy atom. The number of fused-ring (bicyclic) bond motifs is 1. The number of rotatable bonds is 5. The summed E-state index contributed by atoms with van der Waals surface area (Å²) in [6.45, 7) is 10.1. The second-order valence-corrected chi connectivity index (χ2v) is 6.13. The molecule has 1 fully saturated rings. The molecule has 1 saturated heterocycles. The van der Waals surface area contributed by atoms with Crippen LogP contribution in [0, 0.1) is 6.92 Å². The van der Waals surface area contributed by atoms with E-state index in [2.05, 4.69) is 13.2 Å². The third-order valence-corrected chi connectivity index (χ3v) is 4.73. The third-order valence-electron chi connectivity index (χ3n) is 4.73. The van der Waals surface area contributed by atoms with Crippen molar-refractivity contribution in [3.05, 3.63) is 54.8 Å². The van der Waals surface area contributed by atoms with Crippen molar-refractivity contribution in [1.82, 2.24) is 4.90 Å². The number of phenols is 1. The van der Waals surface area contributed by atoms with E-state index < -0.39 is 0 Å². The zero-order chi connectivity index (χ0) is 16.6. The standard InChI is InChI=1S/C19H21NO3/c1-4-8-19(9-5-2)10-11-20(19)18(22)17-13(3)23-16-7-6-14(21)12-15(16)17/h4-7,12,21H,1-2,8-11H2,3H3. The number of carbonyl (C=O) groups excluding carboxylic acids is 1. The molecule has 1 aliphatic heterocycles. The van der Waals surface area contributed by atoms with Crippen molar-refractivity contribution in [1.29, 1.82) is 0 Å². The van der Waals surface area contributed by atoms with E-state index >= 15 is 0 Å². The summed E-state index contributed by atoms with van der Waals surface area (Å²) in [4.78, 5) is 15.0. The van der Waals surface area contributed by atoms with E-state index in [1.165, 1.54) is 0 Å². The van der Waals surface area contributed by atoms with Crippen LogP contribution in [-0.4, -0.2) is 28.0 Å². The number of aromatic hydroxyl groups is 1. The van der Waals surface area contributed by atoms with Gasteiger partial charge in [0.25, 0.3) is 5.91 Å². The Morgan fingerprint density at radius 3 is 2.65 bits per heavy atom. The van der Waals surface area contributed by atoms with Gasteiger partial charge in [-0.1, -0.05) is 12.2 Å². The van der Waals surface area contributed by atoms with Crippen LogP contribution >= 0.6 is 0 Å². The average molecular weight is 311 g/mol. The summed E-state index contributed by atoms with van der Waals surface area (Å²) in [6.07, 6.45) is 6.14. The molecule has 0 radical (unpaired) electrons. The molecule has 120 valence electrons. The number of benzene rings is 1. The average Bonchev–Trinajstić information content (AvgIpc) is 2.81. The van der Waals surface area contributed by atoms with Gasteiger partial charge >= 0.3 is 0 Å². The fourth-order valence-corrected chi connectivity index (χ4v) is 3.51. The smallest absolute Gasteiger partial charge is 0.258 e. The number of furan rings is 1. The van der Waals surface area contributed by atoms with Crippen LogP contribution in [0.5, 0.6) is 5.75 Å². The number of hydrogen-bond acceptors (Lipinski definition) is 3. The highest BCUT2D eigenvalue weighted by Gasteiger charge is 2.46. The number of aryl methyl sites for hydroxylation is 1. The number of likely N-dealkylation sites (tertiary alicyclic amines) is 1. The molecule has 23 heavy (non-hydrogen) atoms. The number of nitrogens with zero attached hydrogens (tertiary/aromatic N) is 1. The Balaban J connectivity index is 2.03. The minimum atomic E-state index is -0.229. The molecule has 0 bridgehead atoms. The first-order chi connectivity index (χ1) is 11.0. The molecule has 3 rings (SSSR count). The Kier molecular flexibility index (Phi) is 3.76. The normalized spacial score (nSPS) is 16.1. The first-order valence-corrected chi connectivity index (χ1v) is 7.78. The summed E-state index contributed by atoms with van der Waals surface area (Å²) in [7, 11) is 0. The zero-order valence-electron chi connectivity index (χ0n) is 13.3. The van der Waals surface area contributed by atoms with Gasteiger partial charge in [-0.3, -0.25) is 4.79 Å². The highest BCUT2D eigenvalue weighted by Crippen LogP contribution is 2.40. The van der Waals surface area contributed by atoms with Crippen molar-refractivity contribution in [2.45, 2.75) is 31.7 Å². The van der Waals surface area contributed by atoms with Crippen molar-refractivity contribution in [3.8, 4) is 5.75 Å². The van der Waals surface area contributed by atoms with Crippen LogP contribution in [0.2, 0.25) is 0 Å². The topological polar surface area (TPSA) is 53.7 Å². The summed E-state index contributed by atoms with van der Waals surface area (Å²) in [5.74, 6) is 0.648. The molecule has 2 heterocycles. The second kappa shape index (κ2) is 5.61. The summed E-state index contributed by atoms with van der Waals surface area (Å²) in [5, 5.41) is 10.4. The molecule has 0 atom stereocenters. The molecule has 2 aromatic rings. The Hall–Kier alpha value is -2.49. The van der Waals surface area contributed by atoms with E-state index in [0.29, 0.717) is 28.8 Å². The van der Waals surface area contributed by atoms with Gasteiger partial charge < -0.3 is 14.4 Å². The van der Waals surface area contributed by atoms with Gasteiger partial charge in [-0.2, -0.15) is 0 Å². The van der Waals surface area contributed by atoms with Crippen molar-refractivity contribution in [2.24, 2.45) is 0 Å². The van der Waals surface area contributed by atoms with Crippen LogP contribution in [0.3, 0.4) is 0 Å². The molecule has 0 spiro atoms. The highest BCUT2D eigenvalue weighted by molar-refractivity contribution is 6.08. The molecule has 0 saturated carbocycles. The maximum atomic E-state index is 13.1. The number of phenolic OH excluding ortho intramolecular Hbond substituents is 1. The van der Waals surface area contributed by atoms with Crippen LogP contribution < -0.4 is 0 Å². The molecule has 1 N–H and O–H groups in total. The lowest BCUT2D eigenvalue weighted by Crippen LogP contribution is -2.61. The molecule has 4 nitrogen and oxygen atoms in total. The molecule has 0 aliphatic carbocycles. The maximum absolute atomic E-state index is 13.1. The van der Waals surface area contributed by atoms with Gasteiger partial charge in [0.2, 0.25) is 0 Å². The fraction of sp³-hybridized carbons (Fsp3) is 0.316. The molecule has 1 aromatic heterocycles. The predicted octanol–water partition coefficient (Wildman–Crippen LogP) is 4.18. The van der Waals surface area contributed by atoms with Gasteiger partial charge in [-0.25, -0.2) is 0 Å². The Labute approximate surface area is 135 Å². The number of hydrogen-bond donors (Lipinski definition) is 1. The van der Waals surface area contributed by atoms with E-state index in [0.717, 1.165) is 19.3 Å². The minimum absolute atomic E-state index is 0.0539. The van der Waals surface area contributed by atoms with Crippen LogP contribution in [0.15, 0.2) is 47.9 Å². The van der Waals surface area contributed by atoms with Gasteiger partial charge in [0, 0.05) is 11.9 Å². The van der Waals surface area contributed by atoms with Crippen molar-refractivity contribution in [2.75, 3.05) is 6.54 Å². The summed E-state index contributed by atoms with van der Waals surface area (Å²) < 4.78 is 5.68. The van der Waals surface area contributed by atoms with Crippen LogP contribution in [0.1, 0.15) is 35.4 Å². The van der Waals surface area contributed by atoms with Crippen LogP contribution in [0.25, 0.3) is 11.0 Å². The number of amides is 1. The predicted molar refractivity (Wildman–Crippen MR) is 90.6 cm³/mol. The van der Waals surface area contributed by atoms with E-state index in [1.807, 2.05) is 17.1 Å². The molecule has 1 amide bonds. The van der Waals surface area contributed by atoms with Gasteiger partial charge in [-0.05, 0) is 44.4 Å². The Bertz CT molecular complexity index is 777. The Morgan fingerprint density at radius 2 is 2.09 bits per heavy atom. The van der Waals surface area contributed by atoms with Gasteiger partial charge in [0.1, 0.15) is 17.1 Å². The van der Waals surface area contributed by atoms with E-state index in [9.17, 15) is 9.90 Å². The molecule has 0 unspecified atom stereocenters. The first-order valence-electron chi connectivity index (χ1n) is 7.78. The van der Waals surface area contributed by atoms with Crippen LogP contribution in [0.4, 0.5) is 0 Å². The maximum Gasteiger partial charge on any atom is 0.258 e. The third kappa shape index (κ3) is 2.34. The molecule has 1 aromatic carbocycles. The van der Waals surface area contributed by atoms with Gasteiger partial charge in [0.05, 0.1) is 11.1 Å². The van der Waals surface area contributed by atoms with Crippen molar-refractivity contribution >= 4 is 16.9 Å². The number of carbonyl (C=O) groups is 1. The highest BCUT2D eigenvalue weighted by atomic mass is 16.3. The SMILES string of the molecule is C=CCC1(CC=C)CCN1C(=O)c1c(C)oc2ccc(O)cc12.